The van der Waals surface area contributed by atoms with E-state index in [-0.39, 0.29) is 0 Å². The Hall–Kier alpha value is -1.62. The van der Waals surface area contributed by atoms with E-state index in [1.165, 1.54) is 0 Å². The molecule has 5 heteroatoms. The van der Waals surface area contributed by atoms with Gasteiger partial charge in [-0.25, -0.2) is 9.50 Å². The minimum atomic E-state index is 0.329. The van der Waals surface area contributed by atoms with E-state index < -0.39 is 0 Å². The van der Waals surface area contributed by atoms with Crippen molar-refractivity contribution in [3.8, 4) is 0 Å². The zero-order valence-corrected chi connectivity index (χ0v) is 13.1. The highest BCUT2D eigenvalue weighted by atomic mass is 16.5. The predicted molar refractivity (Wildman–Crippen MR) is 83.7 cm³/mol. The van der Waals surface area contributed by atoms with Crippen molar-refractivity contribution in [3.63, 3.8) is 0 Å². The topological polar surface area (TPSA) is 42.7 Å². The van der Waals surface area contributed by atoms with Crippen LogP contribution in [0.15, 0.2) is 18.5 Å². The summed E-state index contributed by atoms with van der Waals surface area (Å²) in [6.45, 7) is 9.27. The normalized spacial score (nSPS) is 19.0. The molecule has 0 spiro atoms. The molecule has 1 saturated heterocycles. The molecular weight excluding hydrogens is 264 g/mol. The van der Waals surface area contributed by atoms with E-state index in [0.29, 0.717) is 12.0 Å². The average Bonchev–Trinajstić information content (AvgIpc) is 3.03. The number of fused-ring (bicyclic) bond motifs is 1. The lowest BCUT2D eigenvalue weighted by Crippen LogP contribution is -2.24. The predicted octanol–water partition coefficient (Wildman–Crippen LogP) is 2.68. The van der Waals surface area contributed by atoms with Gasteiger partial charge in [0.05, 0.1) is 11.8 Å². The molecule has 114 valence electrons. The first-order valence-corrected chi connectivity index (χ1v) is 7.81. The summed E-state index contributed by atoms with van der Waals surface area (Å²) in [6.07, 6.45) is 6.26. The molecule has 1 atom stereocenters. The molecule has 1 fully saturated rings. The Balaban J connectivity index is 1.67. The molecule has 2 aromatic rings. The van der Waals surface area contributed by atoms with Crippen molar-refractivity contribution in [1.82, 2.24) is 14.6 Å². The molecule has 5 nitrogen and oxygen atoms in total. The van der Waals surface area contributed by atoms with Gasteiger partial charge >= 0.3 is 0 Å². The third kappa shape index (κ3) is 3.18. The highest BCUT2D eigenvalue weighted by Gasteiger charge is 2.25. The zero-order valence-electron chi connectivity index (χ0n) is 13.1. The van der Waals surface area contributed by atoms with Crippen molar-refractivity contribution in [3.05, 3.63) is 24.2 Å². The van der Waals surface area contributed by atoms with Gasteiger partial charge in [0.25, 0.3) is 0 Å². The molecule has 0 radical (unpaired) electrons. The van der Waals surface area contributed by atoms with E-state index in [1.807, 2.05) is 23.8 Å². The summed E-state index contributed by atoms with van der Waals surface area (Å²) in [5.41, 5.74) is 2.10. The van der Waals surface area contributed by atoms with Gasteiger partial charge in [0, 0.05) is 32.1 Å². The van der Waals surface area contributed by atoms with Gasteiger partial charge in [0.2, 0.25) is 0 Å². The molecule has 21 heavy (non-hydrogen) atoms. The van der Waals surface area contributed by atoms with E-state index in [1.54, 1.807) is 0 Å². The van der Waals surface area contributed by atoms with Gasteiger partial charge in [-0.1, -0.05) is 13.8 Å². The van der Waals surface area contributed by atoms with Gasteiger partial charge in [-0.2, -0.15) is 5.10 Å². The van der Waals surface area contributed by atoms with Crippen molar-refractivity contribution in [1.29, 1.82) is 0 Å². The summed E-state index contributed by atoms with van der Waals surface area (Å²) in [5, 5.41) is 4.45. The van der Waals surface area contributed by atoms with Gasteiger partial charge in [0.15, 0.2) is 5.82 Å². The maximum Gasteiger partial charge on any atom is 0.154 e. The van der Waals surface area contributed by atoms with Crippen molar-refractivity contribution >= 4 is 11.3 Å². The van der Waals surface area contributed by atoms with Crippen LogP contribution in [0.1, 0.15) is 32.4 Å². The number of nitrogens with zero attached hydrogens (tertiary/aromatic N) is 4. The minimum absolute atomic E-state index is 0.329. The first-order chi connectivity index (χ1) is 10.1. The van der Waals surface area contributed by atoms with Crippen LogP contribution in [-0.2, 0) is 4.74 Å². The molecule has 0 aromatic carbocycles. The van der Waals surface area contributed by atoms with E-state index in [4.69, 9.17) is 4.74 Å². The van der Waals surface area contributed by atoms with Gasteiger partial charge in [-0.3, -0.25) is 0 Å². The molecule has 1 unspecified atom stereocenters. The first kappa shape index (κ1) is 14.3. The van der Waals surface area contributed by atoms with Crippen LogP contribution in [0, 0.1) is 12.8 Å². The number of anilines is 1. The maximum absolute atomic E-state index is 5.99. The number of hydrogen-bond donors (Lipinski definition) is 0. The SMILES string of the molecule is Cc1cc2c(N3CCC(OCCC(C)C)C3)nccn2n1. The van der Waals surface area contributed by atoms with Crippen LogP contribution in [0.5, 0.6) is 0 Å². The molecule has 1 aliphatic rings. The second-order valence-corrected chi connectivity index (χ2v) is 6.28. The molecule has 0 aliphatic carbocycles. The molecular formula is C16H24N4O. The molecule has 3 heterocycles. The molecule has 0 saturated carbocycles. The van der Waals surface area contributed by atoms with E-state index in [0.717, 1.165) is 49.6 Å². The lowest BCUT2D eigenvalue weighted by atomic mass is 10.1. The Labute approximate surface area is 125 Å². The third-order valence-corrected chi connectivity index (χ3v) is 3.98. The van der Waals surface area contributed by atoms with E-state index in [9.17, 15) is 0 Å². The molecule has 0 bridgehead atoms. The Morgan fingerprint density at radius 3 is 3.10 bits per heavy atom. The Morgan fingerprint density at radius 2 is 2.29 bits per heavy atom. The summed E-state index contributed by atoms with van der Waals surface area (Å²) in [6, 6.07) is 2.09. The number of hydrogen-bond acceptors (Lipinski definition) is 4. The van der Waals surface area contributed by atoms with Crippen LogP contribution in [0.3, 0.4) is 0 Å². The molecule has 0 amide bonds. The van der Waals surface area contributed by atoms with Gasteiger partial charge in [0.1, 0.15) is 5.52 Å². The van der Waals surface area contributed by atoms with Crippen LogP contribution in [-0.4, -0.2) is 40.4 Å². The molecule has 2 aromatic heterocycles. The average molecular weight is 288 g/mol. The van der Waals surface area contributed by atoms with Crippen molar-refractivity contribution in [2.24, 2.45) is 5.92 Å². The van der Waals surface area contributed by atoms with Crippen LogP contribution in [0.2, 0.25) is 0 Å². The number of rotatable bonds is 5. The second-order valence-electron chi connectivity index (χ2n) is 6.28. The summed E-state index contributed by atoms with van der Waals surface area (Å²) >= 11 is 0. The zero-order chi connectivity index (χ0) is 14.8. The van der Waals surface area contributed by atoms with Gasteiger partial charge in [-0.15, -0.1) is 0 Å². The van der Waals surface area contributed by atoms with Gasteiger partial charge in [-0.05, 0) is 31.7 Å². The molecule has 0 N–H and O–H groups in total. The van der Waals surface area contributed by atoms with Crippen molar-refractivity contribution < 1.29 is 4.74 Å². The molecule has 3 rings (SSSR count). The first-order valence-electron chi connectivity index (χ1n) is 7.81. The highest BCUT2D eigenvalue weighted by Crippen LogP contribution is 2.24. The number of aryl methyl sites for hydroxylation is 1. The van der Waals surface area contributed by atoms with Crippen LogP contribution in [0.4, 0.5) is 5.82 Å². The Morgan fingerprint density at radius 1 is 1.43 bits per heavy atom. The van der Waals surface area contributed by atoms with Gasteiger partial charge < -0.3 is 9.64 Å². The van der Waals surface area contributed by atoms with Crippen molar-refractivity contribution in [2.45, 2.75) is 39.7 Å². The Kier molecular flexibility index (Phi) is 4.10. The monoisotopic (exact) mass is 288 g/mol. The second kappa shape index (κ2) is 6.02. The fourth-order valence-corrected chi connectivity index (χ4v) is 2.80. The largest absolute Gasteiger partial charge is 0.376 e. The number of aromatic nitrogens is 3. The van der Waals surface area contributed by atoms with E-state index >= 15 is 0 Å². The highest BCUT2D eigenvalue weighted by molar-refractivity contribution is 5.69. The van der Waals surface area contributed by atoms with Crippen LogP contribution in [0.25, 0.3) is 5.52 Å². The van der Waals surface area contributed by atoms with E-state index in [2.05, 4.69) is 34.9 Å². The quantitative estimate of drug-likeness (QED) is 0.848. The summed E-state index contributed by atoms with van der Waals surface area (Å²) < 4.78 is 7.90. The lowest BCUT2D eigenvalue weighted by molar-refractivity contribution is 0.0609. The fourth-order valence-electron chi connectivity index (χ4n) is 2.80. The molecule has 1 aliphatic heterocycles. The smallest absolute Gasteiger partial charge is 0.154 e. The standard InChI is InChI=1S/C16H24N4O/c1-12(2)5-9-21-14-4-7-19(11-14)16-15-10-13(3)18-20(15)8-6-17-16/h6,8,10,12,14H,4-5,7,9,11H2,1-3H3. The summed E-state index contributed by atoms with van der Waals surface area (Å²) in [5.74, 6) is 1.72. The summed E-state index contributed by atoms with van der Waals surface area (Å²) in [4.78, 5) is 6.87. The lowest BCUT2D eigenvalue weighted by Gasteiger charge is -2.18. The summed E-state index contributed by atoms with van der Waals surface area (Å²) in [7, 11) is 0. The minimum Gasteiger partial charge on any atom is -0.376 e. The fraction of sp³-hybridized carbons (Fsp3) is 0.625. The van der Waals surface area contributed by atoms with Crippen LogP contribution < -0.4 is 4.90 Å². The van der Waals surface area contributed by atoms with Crippen molar-refractivity contribution in [2.75, 3.05) is 24.6 Å². The Bertz CT molecular complexity index is 607. The van der Waals surface area contributed by atoms with Crippen LogP contribution >= 0.6 is 0 Å². The maximum atomic E-state index is 5.99. The third-order valence-electron chi connectivity index (χ3n) is 3.98. The number of ether oxygens (including phenoxy) is 1.